The second-order valence-corrected chi connectivity index (χ2v) is 4.02. The maximum absolute atomic E-state index is 13.0. The topological polar surface area (TPSA) is 45.1 Å². The number of nitrogens with one attached hydrogen (secondary N) is 1. The summed E-state index contributed by atoms with van der Waals surface area (Å²) in [7, 11) is 0. The third-order valence-corrected chi connectivity index (χ3v) is 2.64. The fourth-order valence-corrected chi connectivity index (χ4v) is 1.68. The quantitative estimate of drug-likeness (QED) is 0.795. The molecule has 0 spiro atoms. The van der Waals surface area contributed by atoms with Crippen LogP contribution >= 0.6 is 0 Å². The first kappa shape index (κ1) is 12.5. The van der Waals surface area contributed by atoms with E-state index in [2.05, 4.69) is 10.3 Å². The van der Waals surface area contributed by atoms with Crippen LogP contribution in [0.1, 0.15) is 11.3 Å². The monoisotopic (exact) mass is 246 g/mol. The Morgan fingerprint density at radius 3 is 2.89 bits per heavy atom. The number of nitrogens with zero attached hydrogens (tertiary/aromatic N) is 1. The Kier molecular flexibility index (Phi) is 4.25. The zero-order chi connectivity index (χ0) is 12.8. The van der Waals surface area contributed by atoms with E-state index < -0.39 is 0 Å². The Balaban J connectivity index is 1.80. The first-order chi connectivity index (χ1) is 8.75. The maximum atomic E-state index is 13.0. The highest BCUT2D eigenvalue weighted by Gasteiger charge is 2.02. The van der Waals surface area contributed by atoms with Crippen LogP contribution in [0, 0.1) is 5.82 Å². The highest BCUT2D eigenvalue weighted by molar-refractivity contribution is 5.32. The number of phenolic OH excluding ortho intramolecular Hbond substituents is 1. The number of halogens is 1. The lowest BCUT2D eigenvalue weighted by atomic mass is 10.2. The zero-order valence-electron chi connectivity index (χ0n) is 9.94. The Hall–Kier alpha value is -1.94. The highest BCUT2D eigenvalue weighted by atomic mass is 19.1. The molecule has 2 N–H and O–H groups in total. The number of rotatable bonds is 5. The van der Waals surface area contributed by atoms with Gasteiger partial charge in [0, 0.05) is 37.0 Å². The van der Waals surface area contributed by atoms with Crippen molar-refractivity contribution in [3.8, 4) is 5.75 Å². The molecule has 0 unspecified atom stereocenters. The number of hydrogen-bond donors (Lipinski definition) is 2. The van der Waals surface area contributed by atoms with Gasteiger partial charge in [0.05, 0.1) is 0 Å². The molecule has 0 fully saturated rings. The fourth-order valence-electron chi connectivity index (χ4n) is 1.68. The number of phenols is 1. The van der Waals surface area contributed by atoms with Gasteiger partial charge in [0.25, 0.3) is 0 Å². The summed E-state index contributed by atoms with van der Waals surface area (Å²) in [4.78, 5) is 4.21. The SMILES string of the molecule is Oc1ccc(F)cc1CNCCc1ccccn1. The molecule has 0 saturated carbocycles. The molecule has 1 aromatic heterocycles. The lowest BCUT2D eigenvalue weighted by Gasteiger charge is -2.06. The number of benzene rings is 1. The van der Waals surface area contributed by atoms with Crippen molar-refractivity contribution in [2.45, 2.75) is 13.0 Å². The van der Waals surface area contributed by atoms with Crippen LogP contribution in [-0.2, 0) is 13.0 Å². The minimum Gasteiger partial charge on any atom is -0.508 e. The van der Waals surface area contributed by atoms with Gasteiger partial charge in [0.15, 0.2) is 0 Å². The van der Waals surface area contributed by atoms with Gasteiger partial charge in [-0.2, -0.15) is 0 Å². The summed E-state index contributed by atoms with van der Waals surface area (Å²) in [5.74, 6) is -0.226. The molecule has 2 rings (SSSR count). The average Bonchev–Trinajstić information content (AvgIpc) is 2.40. The number of aromatic hydroxyl groups is 1. The molecule has 18 heavy (non-hydrogen) atoms. The molecule has 94 valence electrons. The van der Waals surface area contributed by atoms with Crippen molar-refractivity contribution >= 4 is 0 Å². The molecule has 1 aromatic carbocycles. The minimum atomic E-state index is -0.339. The smallest absolute Gasteiger partial charge is 0.123 e. The molecule has 4 heteroatoms. The van der Waals surface area contributed by atoms with Crippen molar-refractivity contribution in [1.82, 2.24) is 10.3 Å². The number of aromatic nitrogens is 1. The highest BCUT2D eigenvalue weighted by Crippen LogP contribution is 2.17. The number of pyridine rings is 1. The average molecular weight is 246 g/mol. The molecular weight excluding hydrogens is 231 g/mol. The molecule has 0 atom stereocenters. The second-order valence-electron chi connectivity index (χ2n) is 4.02. The predicted octanol–water partition coefficient (Wildman–Crippen LogP) is 2.26. The Morgan fingerprint density at radius 2 is 2.11 bits per heavy atom. The second kappa shape index (κ2) is 6.12. The summed E-state index contributed by atoms with van der Waals surface area (Å²) in [6, 6.07) is 9.73. The van der Waals surface area contributed by atoms with Gasteiger partial charge in [-0.15, -0.1) is 0 Å². The molecule has 0 aliphatic carbocycles. The van der Waals surface area contributed by atoms with E-state index in [0.29, 0.717) is 12.1 Å². The van der Waals surface area contributed by atoms with Gasteiger partial charge >= 0.3 is 0 Å². The fraction of sp³-hybridized carbons (Fsp3) is 0.214. The third kappa shape index (κ3) is 3.53. The van der Waals surface area contributed by atoms with Crippen molar-refractivity contribution in [2.24, 2.45) is 0 Å². The summed E-state index contributed by atoms with van der Waals surface area (Å²) in [6.45, 7) is 1.17. The maximum Gasteiger partial charge on any atom is 0.123 e. The van der Waals surface area contributed by atoms with Crippen LogP contribution in [0.4, 0.5) is 4.39 Å². The summed E-state index contributed by atoms with van der Waals surface area (Å²) < 4.78 is 13.0. The normalized spacial score (nSPS) is 10.5. The molecule has 1 heterocycles. The molecule has 2 aromatic rings. The van der Waals surface area contributed by atoms with E-state index in [0.717, 1.165) is 18.7 Å². The van der Waals surface area contributed by atoms with E-state index in [4.69, 9.17) is 0 Å². The predicted molar refractivity (Wildman–Crippen MR) is 67.7 cm³/mol. The molecule has 3 nitrogen and oxygen atoms in total. The van der Waals surface area contributed by atoms with Crippen LogP contribution < -0.4 is 5.32 Å². The van der Waals surface area contributed by atoms with E-state index in [1.54, 1.807) is 6.20 Å². The Bertz CT molecular complexity index is 502. The molecule has 0 bridgehead atoms. The van der Waals surface area contributed by atoms with Crippen LogP contribution in [0.5, 0.6) is 5.75 Å². The van der Waals surface area contributed by atoms with Gasteiger partial charge in [-0.25, -0.2) is 4.39 Å². The van der Waals surface area contributed by atoms with Gasteiger partial charge < -0.3 is 10.4 Å². The Labute approximate surface area is 105 Å². The van der Waals surface area contributed by atoms with E-state index in [1.165, 1.54) is 18.2 Å². The van der Waals surface area contributed by atoms with Gasteiger partial charge in [0.2, 0.25) is 0 Å². The van der Waals surface area contributed by atoms with Gasteiger partial charge in [-0.05, 0) is 30.3 Å². The van der Waals surface area contributed by atoms with Crippen molar-refractivity contribution < 1.29 is 9.50 Å². The first-order valence-corrected chi connectivity index (χ1v) is 5.84. The van der Waals surface area contributed by atoms with Gasteiger partial charge in [-0.3, -0.25) is 4.98 Å². The van der Waals surface area contributed by atoms with Crippen molar-refractivity contribution in [3.63, 3.8) is 0 Å². The van der Waals surface area contributed by atoms with E-state index >= 15 is 0 Å². The van der Waals surface area contributed by atoms with Crippen molar-refractivity contribution in [1.29, 1.82) is 0 Å². The minimum absolute atomic E-state index is 0.113. The van der Waals surface area contributed by atoms with E-state index in [1.807, 2.05) is 18.2 Å². The molecule has 0 aliphatic rings. The summed E-state index contributed by atoms with van der Waals surface area (Å²) in [5, 5.41) is 12.7. The van der Waals surface area contributed by atoms with Crippen LogP contribution in [0.2, 0.25) is 0 Å². The third-order valence-electron chi connectivity index (χ3n) is 2.64. The molecule has 0 aliphatic heterocycles. The van der Waals surface area contributed by atoms with Crippen LogP contribution in [0.3, 0.4) is 0 Å². The lowest BCUT2D eigenvalue weighted by molar-refractivity contribution is 0.461. The summed E-state index contributed by atoms with van der Waals surface area (Å²) in [5.41, 5.74) is 1.57. The largest absolute Gasteiger partial charge is 0.508 e. The van der Waals surface area contributed by atoms with Crippen LogP contribution in [-0.4, -0.2) is 16.6 Å². The lowest BCUT2D eigenvalue weighted by Crippen LogP contribution is -2.17. The van der Waals surface area contributed by atoms with E-state index in [9.17, 15) is 9.50 Å². The molecule has 0 amide bonds. The summed E-state index contributed by atoms with van der Waals surface area (Å²) >= 11 is 0. The molecule has 0 saturated heterocycles. The first-order valence-electron chi connectivity index (χ1n) is 5.84. The number of hydrogen-bond acceptors (Lipinski definition) is 3. The van der Waals surface area contributed by atoms with Crippen LogP contribution in [0.25, 0.3) is 0 Å². The van der Waals surface area contributed by atoms with Crippen molar-refractivity contribution in [2.75, 3.05) is 6.54 Å². The van der Waals surface area contributed by atoms with Gasteiger partial charge in [-0.1, -0.05) is 6.07 Å². The van der Waals surface area contributed by atoms with Crippen molar-refractivity contribution in [3.05, 3.63) is 59.7 Å². The molecular formula is C14H15FN2O. The summed E-state index contributed by atoms with van der Waals surface area (Å²) in [6.07, 6.45) is 2.56. The van der Waals surface area contributed by atoms with Crippen LogP contribution in [0.15, 0.2) is 42.6 Å². The van der Waals surface area contributed by atoms with Gasteiger partial charge in [0.1, 0.15) is 11.6 Å². The zero-order valence-corrected chi connectivity index (χ0v) is 9.94. The standard InChI is InChI=1S/C14H15FN2O/c15-12-4-5-14(18)11(9-12)10-16-8-6-13-3-1-2-7-17-13/h1-5,7,9,16,18H,6,8,10H2. The van der Waals surface area contributed by atoms with E-state index in [-0.39, 0.29) is 11.6 Å². The Morgan fingerprint density at radius 1 is 1.22 bits per heavy atom. The molecule has 0 radical (unpaired) electrons.